The van der Waals surface area contributed by atoms with Crippen molar-refractivity contribution in [2.24, 2.45) is 11.7 Å². The van der Waals surface area contributed by atoms with Gasteiger partial charge in [0.15, 0.2) is 0 Å². The van der Waals surface area contributed by atoms with Crippen molar-refractivity contribution >= 4 is 5.97 Å². The normalized spacial score (nSPS) is 27.9. The van der Waals surface area contributed by atoms with Crippen molar-refractivity contribution in [3.05, 3.63) is 35.9 Å². The van der Waals surface area contributed by atoms with Gasteiger partial charge in [-0.3, -0.25) is 9.69 Å². The van der Waals surface area contributed by atoms with Gasteiger partial charge < -0.3 is 10.8 Å². The fourth-order valence-electron chi connectivity index (χ4n) is 3.19. The van der Waals surface area contributed by atoms with Gasteiger partial charge in [-0.15, -0.1) is 0 Å². The van der Waals surface area contributed by atoms with Crippen LogP contribution in [-0.2, 0) is 11.3 Å². The van der Waals surface area contributed by atoms with Crippen LogP contribution >= 0.6 is 0 Å². The Bertz CT molecular complexity index is 447. The predicted octanol–water partition coefficient (Wildman–Crippen LogP) is 1.70. The molecule has 1 aliphatic rings. The van der Waals surface area contributed by atoms with E-state index in [9.17, 15) is 9.90 Å². The Balaban J connectivity index is 2.20. The molecule has 1 aromatic carbocycles. The van der Waals surface area contributed by atoms with Crippen molar-refractivity contribution in [2.75, 3.05) is 6.54 Å². The highest BCUT2D eigenvalue weighted by atomic mass is 16.4. The van der Waals surface area contributed by atoms with Crippen LogP contribution in [0.3, 0.4) is 0 Å². The molecule has 1 saturated heterocycles. The number of carboxylic acid groups (broad SMARTS) is 1. The van der Waals surface area contributed by atoms with Gasteiger partial charge in [0.05, 0.1) is 0 Å². The molecule has 104 valence electrons. The van der Waals surface area contributed by atoms with Crippen LogP contribution in [0.25, 0.3) is 0 Å². The second-order valence-electron chi connectivity index (χ2n) is 5.74. The van der Waals surface area contributed by atoms with Crippen LogP contribution in [0.15, 0.2) is 30.3 Å². The van der Waals surface area contributed by atoms with Gasteiger partial charge in [0.2, 0.25) is 0 Å². The first-order valence-corrected chi connectivity index (χ1v) is 6.75. The molecule has 19 heavy (non-hydrogen) atoms. The van der Waals surface area contributed by atoms with E-state index in [0.29, 0.717) is 6.42 Å². The summed E-state index contributed by atoms with van der Waals surface area (Å²) >= 11 is 0. The van der Waals surface area contributed by atoms with Gasteiger partial charge in [0, 0.05) is 19.1 Å². The first-order valence-electron chi connectivity index (χ1n) is 6.75. The van der Waals surface area contributed by atoms with Crippen molar-refractivity contribution in [3.8, 4) is 0 Å². The topological polar surface area (TPSA) is 66.6 Å². The number of likely N-dealkylation sites (tertiary alicyclic amines) is 1. The summed E-state index contributed by atoms with van der Waals surface area (Å²) in [6.07, 6.45) is 0.512. The molecule has 0 spiro atoms. The Morgan fingerprint density at radius 3 is 2.63 bits per heavy atom. The Morgan fingerprint density at radius 1 is 1.47 bits per heavy atom. The standard InChI is InChI=1S/C15H22N2O2/c1-11(2)13-15(16,14(18)19)8-9-17(13)10-12-6-4-3-5-7-12/h3-7,11,13H,8-10,16H2,1-2H3,(H,18,19). The van der Waals surface area contributed by atoms with Gasteiger partial charge in [-0.2, -0.15) is 0 Å². The van der Waals surface area contributed by atoms with E-state index in [2.05, 4.69) is 17.0 Å². The van der Waals surface area contributed by atoms with Gasteiger partial charge in [0.1, 0.15) is 5.54 Å². The number of aliphatic carboxylic acids is 1. The third kappa shape index (κ3) is 2.65. The molecule has 0 saturated carbocycles. The molecular formula is C15H22N2O2. The molecule has 0 aromatic heterocycles. The van der Waals surface area contributed by atoms with Crippen LogP contribution in [0.5, 0.6) is 0 Å². The minimum atomic E-state index is -1.12. The number of rotatable bonds is 4. The van der Waals surface area contributed by atoms with Gasteiger partial charge >= 0.3 is 5.97 Å². The van der Waals surface area contributed by atoms with Gasteiger partial charge in [-0.25, -0.2) is 0 Å². The number of carbonyl (C=O) groups is 1. The van der Waals surface area contributed by atoms with Crippen molar-refractivity contribution in [1.29, 1.82) is 0 Å². The summed E-state index contributed by atoms with van der Waals surface area (Å²) < 4.78 is 0. The molecule has 1 fully saturated rings. The lowest BCUT2D eigenvalue weighted by molar-refractivity contribution is -0.145. The summed E-state index contributed by atoms with van der Waals surface area (Å²) in [5.41, 5.74) is 6.22. The highest BCUT2D eigenvalue weighted by molar-refractivity contribution is 5.80. The highest BCUT2D eigenvalue weighted by Gasteiger charge is 2.51. The fraction of sp³-hybridized carbons (Fsp3) is 0.533. The van der Waals surface area contributed by atoms with Crippen molar-refractivity contribution in [1.82, 2.24) is 4.90 Å². The monoisotopic (exact) mass is 262 g/mol. The molecule has 2 atom stereocenters. The smallest absolute Gasteiger partial charge is 0.325 e. The zero-order chi connectivity index (χ0) is 14.0. The number of carboxylic acids is 1. The zero-order valence-corrected chi connectivity index (χ0v) is 11.5. The Morgan fingerprint density at radius 2 is 2.11 bits per heavy atom. The Labute approximate surface area is 114 Å². The number of benzene rings is 1. The van der Waals surface area contributed by atoms with Crippen LogP contribution < -0.4 is 5.73 Å². The van der Waals surface area contributed by atoms with Gasteiger partial charge in [-0.05, 0) is 17.9 Å². The number of hydrogen-bond acceptors (Lipinski definition) is 3. The van der Waals surface area contributed by atoms with Crippen LogP contribution in [0, 0.1) is 5.92 Å². The molecule has 0 aliphatic carbocycles. The SMILES string of the molecule is CC(C)C1N(Cc2ccccc2)CCC1(N)C(=O)O. The molecule has 0 bridgehead atoms. The van der Waals surface area contributed by atoms with Crippen LogP contribution in [0.1, 0.15) is 25.8 Å². The van der Waals surface area contributed by atoms with Crippen molar-refractivity contribution < 1.29 is 9.90 Å². The average Bonchev–Trinajstić information content (AvgIpc) is 2.69. The molecule has 0 radical (unpaired) electrons. The minimum absolute atomic E-state index is 0.120. The van der Waals surface area contributed by atoms with Crippen LogP contribution in [0.2, 0.25) is 0 Å². The molecule has 2 unspecified atom stereocenters. The van der Waals surface area contributed by atoms with Gasteiger partial charge in [0.25, 0.3) is 0 Å². The first-order chi connectivity index (χ1) is 8.95. The molecule has 4 nitrogen and oxygen atoms in total. The van der Waals surface area contributed by atoms with E-state index in [1.165, 1.54) is 5.56 Å². The molecule has 1 aromatic rings. The van der Waals surface area contributed by atoms with E-state index in [1.54, 1.807) is 0 Å². The van der Waals surface area contributed by atoms with Crippen molar-refractivity contribution in [2.45, 2.75) is 38.4 Å². The lowest BCUT2D eigenvalue weighted by Gasteiger charge is -2.35. The highest BCUT2D eigenvalue weighted by Crippen LogP contribution is 2.33. The molecule has 3 N–H and O–H groups in total. The fourth-order valence-corrected chi connectivity index (χ4v) is 3.19. The van der Waals surface area contributed by atoms with E-state index in [4.69, 9.17) is 5.73 Å². The molecule has 2 rings (SSSR count). The lowest BCUT2D eigenvalue weighted by atomic mass is 9.84. The number of nitrogens with zero attached hydrogens (tertiary/aromatic N) is 1. The maximum Gasteiger partial charge on any atom is 0.325 e. The zero-order valence-electron chi connectivity index (χ0n) is 11.5. The summed E-state index contributed by atoms with van der Waals surface area (Å²) in [6.45, 7) is 5.58. The Kier molecular flexibility index (Phi) is 3.92. The lowest BCUT2D eigenvalue weighted by Crippen LogP contribution is -2.59. The third-order valence-corrected chi connectivity index (χ3v) is 3.99. The van der Waals surface area contributed by atoms with E-state index in [-0.39, 0.29) is 12.0 Å². The second kappa shape index (κ2) is 5.31. The minimum Gasteiger partial charge on any atom is -0.480 e. The van der Waals surface area contributed by atoms with E-state index < -0.39 is 11.5 Å². The van der Waals surface area contributed by atoms with E-state index in [1.807, 2.05) is 32.0 Å². The summed E-state index contributed by atoms with van der Waals surface area (Å²) in [4.78, 5) is 13.7. The van der Waals surface area contributed by atoms with E-state index in [0.717, 1.165) is 13.1 Å². The van der Waals surface area contributed by atoms with Crippen LogP contribution in [0.4, 0.5) is 0 Å². The summed E-state index contributed by atoms with van der Waals surface area (Å²) in [5.74, 6) is -0.672. The summed E-state index contributed by atoms with van der Waals surface area (Å²) in [5, 5.41) is 9.42. The maximum absolute atomic E-state index is 11.5. The number of nitrogens with two attached hydrogens (primary N) is 1. The predicted molar refractivity (Wildman–Crippen MR) is 74.6 cm³/mol. The molecule has 1 heterocycles. The summed E-state index contributed by atoms with van der Waals surface area (Å²) in [6, 6.07) is 10.00. The van der Waals surface area contributed by atoms with Crippen LogP contribution in [-0.4, -0.2) is 34.1 Å². The maximum atomic E-state index is 11.5. The van der Waals surface area contributed by atoms with E-state index >= 15 is 0 Å². The molecule has 1 aliphatic heterocycles. The summed E-state index contributed by atoms with van der Waals surface area (Å²) in [7, 11) is 0. The van der Waals surface area contributed by atoms with Gasteiger partial charge in [-0.1, -0.05) is 44.2 Å². The molecule has 4 heteroatoms. The first kappa shape index (κ1) is 14.0. The molecule has 0 amide bonds. The third-order valence-electron chi connectivity index (χ3n) is 3.99. The van der Waals surface area contributed by atoms with Crippen molar-refractivity contribution in [3.63, 3.8) is 0 Å². The average molecular weight is 262 g/mol. The molecular weight excluding hydrogens is 240 g/mol. The number of hydrogen-bond donors (Lipinski definition) is 2. The second-order valence-corrected chi connectivity index (χ2v) is 5.74. The largest absolute Gasteiger partial charge is 0.480 e. The quantitative estimate of drug-likeness (QED) is 0.866. The Hall–Kier alpha value is -1.39.